The average Bonchev–Trinajstić information content (AvgIpc) is 2.94. The van der Waals surface area contributed by atoms with Gasteiger partial charge in [-0.05, 0) is 32.0 Å². The van der Waals surface area contributed by atoms with Crippen LogP contribution in [0.1, 0.15) is 19.4 Å². The zero-order valence-electron chi connectivity index (χ0n) is 22.3. The number of ether oxygens (including phenoxy) is 4. The summed E-state index contributed by atoms with van der Waals surface area (Å²) in [5, 5.41) is 91.8. The van der Waals surface area contributed by atoms with Gasteiger partial charge in [0, 0.05) is 23.4 Å². The first-order valence-corrected chi connectivity index (χ1v) is 13.0. The van der Waals surface area contributed by atoms with Gasteiger partial charge in [0.05, 0.1) is 24.9 Å². The first kappa shape index (κ1) is 31.7. The number of aliphatic hydroxyl groups is 9. The molecule has 0 radical (unpaired) electrons. The van der Waals surface area contributed by atoms with Gasteiger partial charge in [-0.2, -0.15) is 0 Å². The molecule has 2 fully saturated rings. The number of hydrogen-bond donors (Lipinski definition) is 9. The summed E-state index contributed by atoms with van der Waals surface area (Å²) in [6.07, 6.45) is -17.5. The van der Waals surface area contributed by atoms with Crippen LogP contribution in [-0.4, -0.2) is 132 Å². The molecule has 0 aliphatic carbocycles. The van der Waals surface area contributed by atoms with Crippen LogP contribution in [0, 0.1) is 0 Å². The van der Waals surface area contributed by atoms with Gasteiger partial charge in [0.15, 0.2) is 6.29 Å². The molecule has 0 bridgehead atoms. The maximum atomic E-state index is 12.1. The van der Waals surface area contributed by atoms with Gasteiger partial charge in [-0.3, -0.25) is 0 Å². The summed E-state index contributed by atoms with van der Waals surface area (Å²) in [5.74, 6) is -0.0427. The third-order valence-corrected chi connectivity index (χ3v) is 7.41. The first-order chi connectivity index (χ1) is 19.3. The number of fused-ring (bicyclic) bond motifs is 1. The molecule has 1 aromatic carbocycles. The topological polar surface area (TPSA) is 249 Å². The van der Waals surface area contributed by atoms with Crippen LogP contribution in [0.2, 0.25) is 0 Å². The van der Waals surface area contributed by atoms with Crippen molar-refractivity contribution >= 4 is 11.0 Å². The van der Waals surface area contributed by atoms with E-state index in [0.717, 1.165) is 0 Å². The monoisotopic (exact) mass is 588 g/mol. The standard InChI is InChI=1S/C26H36O15/c1-26(2,41-25-22(36)20(34)18(32)14(9-28)39-25)15(29)7-11-12(5-3-10-4-6-16(30)40-23(10)11)37-24-21(35)19(33)17(31)13(8-27)38-24/h3-6,13-15,17-22,24-25,27-29,31-36H,7-9H2,1-2H3. The van der Waals surface area contributed by atoms with Crippen molar-refractivity contribution in [3.8, 4) is 5.75 Å². The molecule has 2 saturated heterocycles. The molecule has 2 aliphatic heterocycles. The zero-order chi connectivity index (χ0) is 30.2. The summed E-state index contributed by atoms with van der Waals surface area (Å²) in [7, 11) is 0. The molecule has 2 aliphatic rings. The first-order valence-electron chi connectivity index (χ1n) is 13.0. The van der Waals surface area contributed by atoms with Crippen LogP contribution in [0.3, 0.4) is 0 Å². The Labute approximate surface area is 233 Å². The smallest absolute Gasteiger partial charge is 0.336 e. The van der Waals surface area contributed by atoms with Crippen molar-refractivity contribution in [3.63, 3.8) is 0 Å². The molecule has 41 heavy (non-hydrogen) atoms. The Bertz CT molecular complexity index is 1230. The van der Waals surface area contributed by atoms with Crippen molar-refractivity contribution in [2.24, 2.45) is 0 Å². The molecule has 4 rings (SSSR count). The van der Waals surface area contributed by atoms with Crippen LogP contribution in [-0.2, 0) is 20.6 Å². The van der Waals surface area contributed by atoms with Crippen molar-refractivity contribution in [1.82, 2.24) is 0 Å². The SMILES string of the molecule is CC(C)(OC1OC(CO)C(O)C(O)C1O)C(O)Cc1c(OC2OC(CO)C(O)C(O)C2O)ccc2ccc(=O)oc12. The lowest BCUT2D eigenvalue weighted by atomic mass is 9.92. The summed E-state index contributed by atoms with van der Waals surface area (Å²) in [4.78, 5) is 12.1. The van der Waals surface area contributed by atoms with Gasteiger partial charge in [-0.25, -0.2) is 4.79 Å². The van der Waals surface area contributed by atoms with E-state index in [1.54, 1.807) is 0 Å². The molecular weight excluding hydrogens is 552 g/mol. The second kappa shape index (κ2) is 12.5. The fourth-order valence-electron chi connectivity index (χ4n) is 4.75. The molecule has 9 N–H and O–H groups in total. The molecule has 1 aromatic heterocycles. The predicted molar refractivity (Wildman–Crippen MR) is 136 cm³/mol. The molecule has 2 aromatic rings. The highest BCUT2D eigenvalue weighted by atomic mass is 16.7. The van der Waals surface area contributed by atoms with Crippen molar-refractivity contribution in [2.45, 2.75) is 93.4 Å². The minimum atomic E-state index is -1.74. The second-order valence-electron chi connectivity index (χ2n) is 10.7. The van der Waals surface area contributed by atoms with Crippen molar-refractivity contribution in [1.29, 1.82) is 0 Å². The molecule has 0 amide bonds. The van der Waals surface area contributed by atoms with Crippen molar-refractivity contribution < 1.29 is 69.3 Å². The third-order valence-electron chi connectivity index (χ3n) is 7.41. The molecule has 15 nitrogen and oxygen atoms in total. The van der Waals surface area contributed by atoms with Crippen molar-refractivity contribution in [3.05, 3.63) is 40.2 Å². The second-order valence-corrected chi connectivity index (χ2v) is 10.7. The average molecular weight is 589 g/mol. The van der Waals surface area contributed by atoms with E-state index in [1.807, 2.05) is 0 Å². The van der Waals surface area contributed by atoms with Gasteiger partial charge in [-0.1, -0.05) is 0 Å². The molecular formula is C26H36O15. The maximum absolute atomic E-state index is 12.1. The molecule has 3 heterocycles. The molecule has 230 valence electrons. The highest BCUT2D eigenvalue weighted by Gasteiger charge is 2.48. The van der Waals surface area contributed by atoms with E-state index in [2.05, 4.69) is 0 Å². The van der Waals surface area contributed by atoms with E-state index in [-0.39, 0.29) is 23.3 Å². The van der Waals surface area contributed by atoms with E-state index < -0.39 is 92.0 Å². The minimum absolute atomic E-state index is 0.0160. The Hall–Kier alpha value is -2.25. The Morgan fingerprint density at radius 3 is 1.93 bits per heavy atom. The predicted octanol–water partition coefficient (Wildman–Crippen LogP) is -3.53. The molecule has 11 unspecified atom stereocenters. The van der Waals surface area contributed by atoms with Gasteiger partial charge in [0.2, 0.25) is 6.29 Å². The minimum Gasteiger partial charge on any atom is -0.462 e. The van der Waals surface area contributed by atoms with Gasteiger partial charge in [-0.15, -0.1) is 0 Å². The molecule has 0 spiro atoms. The normalized spacial score (nSPS) is 35.4. The van der Waals surface area contributed by atoms with Crippen LogP contribution in [0.25, 0.3) is 11.0 Å². The van der Waals surface area contributed by atoms with Crippen LogP contribution in [0.15, 0.2) is 33.5 Å². The lowest BCUT2D eigenvalue weighted by Gasteiger charge is -2.43. The van der Waals surface area contributed by atoms with Gasteiger partial charge in [0.1, 0.15) is 60.2 Å². The van der Waals surface area contributed by atoms with E-state index in [0.29, 0.717) is 5.39 Å². The van der Waals surface area contributed by atoms with E-state index in [1.165, 1.54) is 38.1 Å². The van der Waals surface area contributed by atoms with E-state index in [4.69, 9.17) is 23.4 Å². The molecule has 0 saturated carbocycles. The summed E-state index contributed by atoms with van der Waals surface area (Å²) < 4.78 is 27.8. The fraction of sp³-hybridized carbons (Fsp3) is 0.654. The van der Waals surface area contributed by atoms with Crippen LogP contribution >= 0.6 is 0 Å². The number of benzene rings is 1. The number of rotatable bonds is 9. The highest BCUT2D eigenvalue weighted by molar-refractivity contribution is 5.82. The molecule has 15 heteroatoms. The zero-order valence-corrected chi connectivity index (χ0v) is 22.3. The largest absolute Gasteiger partial charge is 0.462 e. The van der Waals surface area contributed by atoms with Gasteiger partial charge in [0.25, 0.3) is 0 Å². The summed E-state index contributed by atoms with van der Waals surface area (Å²) in [5.41, 5.74) is -2.11. The Kier molecular flexibility index (Phi) is 9.69. The van der Waals surface area contributed by atoms with Gasteiger partial charge < -0.3 is 69.3 Å². The summed E-state index contributed by atoms with van der Waals surface area (Å²) in [6, 6.07) is 5.64. The maximum Gasteiger partial charge on any atom is 0.336 e. The van der Waals surface area contributed by atoms with Crippen molar-refractivity contribution in [2.75, 3.05) is 13.2 Å². The third kappa shape index (κ3) is 6.41. The van der Waals surface area contributed by atoms with Gasteiger partial charge >= 0.3 is 5.63 Å². The molecule has 11 atom stereocenters. The number of hydrogen-bond acceptors (Lipinski definition) is 15. The van der Waals surface area contributed by atoms with Crippen LogP contribution < -0.4 is 10.4 Å². The van der Waals surface area contributed by atoms with Crippen LogP contribution in [0.5, 0.6) is 5.75 Å². The Morgan fingerprint density at radius 1 is 0.805 bits per heavy atom. The summed E-state index contributed by atoms with van der Waals surface area (Å²) in [6.45, 7) is 1.52. The quantitative estimate of drug-likeness (QED) is 0.129. The summed E-state index contributed by atoms with van der Waals surface area (Å²) >= 11 is 0. The van der Waals surface area contributed by atoms with Crippen LogP contribution in [0.4, 0.5) is 0 Å². The van der Waals surface area contributed by atoms with E-state index >= 15 is 0 Å². The number of aliphatic hydroxyl groups excluding tert-OH is 9. The highest BCUT2D eigenvalue weighted by Crippen LogP contribution is 2.35. The van der Waals surface area contributed by atoms with E-state index in [9.17, 15) is 50.8 Å². The lowest BCUT2D eigenvalue weighted by molar-refractivity contribution is -0.331. The Morgan fingerprint density at radius 2 is 1.34 bits per heavy atom. The lowest BCUT2D eigenvalue weighted by Crippen LogP contribution is -2.61. The fourth-order valence-corrected chi connectivity index (χ4v) is 4.75. The Balaban J connectivity index is 1.63.